The average molecular weight is 243 g/mol. The summed E-state index contributed by atoms with van der Waals surface area (Å²) in [5.74, 6) is 0.652. The summed E-state index contributed by atoms with van der Waals surface area (Å²) in [6, 6.07) is 3.64. The summed E-state index contributed by atoms with van der Waals surface area (Å²) in [7, 11) is 0. The van der Waals surface area contributed by atoms with E-state index in [-0.39, 0.29) is 0 Å². The van der Waals surface area contributed by atoms with Gasteiger partial charge in [0.15, 0.2) is 0 Å². The standard InChI is InChI=1S/C12H19ClN2O/c1-3-7-14-9-11-10(13)5-6-12(15-11)16-8-4-2/h5-6,14H,3-4,7-9H2,1-2H3. The maximum absolute atomic E-state index is 6.05. The lowest BCUT2D eigenvalue weighted by Gasteiger charge is -2.08. The van der Waals surface area contributed by atoms with Gasteiger partial charge in [-0.3, -0.25) is 0 Å². The molecule has 4 heteroatoms. The third-order valence-corrected chi connectivity index (χ3v) is 2.41. The minimum Gasteiger partial charge on any atom is -0.478 e. The third kappa shape index (κ3) is 4.37. The Balaban J connectivity index is 2.59. The average Bonchev–Trinajstić information content (AvgIpc) is 2.30. The summed E-state index contributed by atoms with van der Waals surface area (Å²) in [5, 5.41) is 3.96. The normalized spacial score (nSPS) is 10.4. The smallest absolute Gasteiger partial charge is 0.213 e. The van der Waals surface area contributed by atoms with Crippen LogP contribution in [0.2, 0.25) is 5.02 Å². The molecular formula is C12H19ClN2O. The van der Waals surface area contributed by atoms with Crippen LogP contribution in [-0.2, 0) is 6.54 Å². The molecule has 0 aliphatic carbocycles. The van der Waals surface area contributed by atoms with Gasteiger partial charge in [-0.15, -0.1) is 0 Å². The molecule has 16 heavy (non-hydrogen) atoms. The fraction of sp³-hybridized carbons (Fsp3) is 0.583. The molecule has 0 saturated heterocycles. The van der Waals surface area contributed by atoms with Crippen LogP contribution in [0.5, 0.6) is 5.88 Å². The van der Waals surface area contributed by atoms with Gasteiger partial charge in [0, 0.05) is 12.6 Å². The number of hydrogen-bond donors (Lipinski definition) is 1. The van der Waals surface area contributed by atoms with Crippen LogP contribution in [0.3, 0.4) is 0 Å². The van der Waals surface area contributed by atoms with E-state index in [9.17, 15) is 0 Å². The molecule has 1 heterocycles. The van der Waals surface area contributed by atoms with Crippen LogP contribution in [-0.4, -0.2) is 18.1 Å². The molecule has 0 fully saturated rings. The molecule has 0 atom stereocenters. The van der Waals surface area contributed by atoms with Gasteiger partial charge in [0.25, 0.3) is 0 Å². The first-order valence-electron chi connectivity index (χ1n) is 5.76. The molecule has 90 valence electrons. The molecule has 0 aliphatic heterocycles. The predicted octanol–water partition coefficient (Wildman–Crippen LogP) is 3.02. The number of ether oxygens (including phenoxy) is 1. The Bertz CT molecular complexity index is 318. The number of nitrogens with zero attached hydrogens (tertiary/aromatic N) is 1. The van der Waals surface area contributed by atoms with E-state index in [2.05, 4.69) is 24.1 Å². The summed E-state index contributed by atoms with van der Waals surface area (Å²) in [6.07, 6.45) is 2.08. The van der Waals surface area contributed by atoms with Gasteiger partial charge in [0.05, 0.1) is 17.3 Å². The monoisotopic (exact) mass is 242 g/mol. The van der Waals surface area contributed by atoms with Gasteiger partial charge < -0.3 is 10.1 Å². The Morgan fingerprint density at radius 3 is 2.81 bits per heavy atom. The van der Waals surface area contributed by atoms with E-state index in [1.54, 1.807) is 6.07 Å². The molecule has 0 bridgehead atoms. The molecular weight excluding hydrogens is 224 g/mol. The van der Waals surface area contributed by atoms with Crippen LogP contribution in [0.1, 0.15) is 32.4 Å². The lowest BCUT2D eigenvalue weighted by atomic mass is 10.3. The Morgan fingerprint density at radius 1 is 1.31 bits per heavy atom. The molecule has 1 rings (SSSR count). The van der Waals surface area contributed by atoms with Gasteiger partial charge in [0.2, 0.25) is 5.88 Å². The molecule has 0 aromatic carbocycles. The van der Waals surface area contributed by atoms with Crippen molar-refractivity contribution in [1.82, 2.24) is 10.3 Å². The highest BCUT2D eigenvalue weighted by Crippen LogP contribution is 2.18. The van der Waals surface area contributed by atoms with E-state index in [1.165, 1.54) is 0 Å². The van der Waals surface area contributed by atoms with Crippen LogP contribution in [0, 0.1) is 0 Å². The number of pyridine rings is 1. The van der Waals surface area contributed by atoms with Crippen molar-refractivity contribution < 1.29 is 4.74 Å². The van der Waals surface area contributed by atoms with E-state index < -0.39 is 0 Å². The Labute approximate surface area is 102 Å². The van der Waals surface area contributed by atoms with Crippen molar-refractivity contribution in [2.45, 2.75) is 33.2 Å². The molecule has 3 nitrogen and oxygen atoms in total. The van der Waals surface area contributed by atoms with E-state index >= 15 is 0 Å². The van der Waals surface area contributed by atoms with Crippen molar-refractivity contribution in [2.75, 3.05) is 13.2 Å². The van der Waals surface area contributed by atoms with Gasteiger partial charge in [-0.05, 0) is 25.5 Å². The second-order valence-electron chi connectivity index (χ2n) is 3.60. The lowest BCUT2D eigenvalue weighted by Crippen LogP contribution is -2.15. The molecule has 0 radical (unpaired) electrons. The summed E-state index contributed by atoms with van der Waals surface area (Å²) < 4.78 is 5.46. The molecule has 1 N–H and O–H groups in total. The minimum absolute atomic E-state index is 0.652. The molecule has 0 spiro atoms. The Morgan fingerprint density at radius 2 is 2.12 bits per heavy atom. The number of hydrogen-bond acceptors (Lipinski definition) is 3. The van der Waals surface area contributed by atoms with Crippen molar-refractivity contribution >= 4 is 11.6 Å². The van der Waals surface area contributed by atoms with E-state index in [4.69, 9.17) is 16.3 Å². The zero-order valence-electron chi connectivity index (χ0n) is 9.92. The number of halogens is 1. The first-order valence-corrected chi connectivity index (χ1v) is 6.14. The van der Waals surface area contributed by atoms with Gasteiger partial charge in [-0.2, -0.15) is 0 Å². The van der Waals surface area contributed by atoms with Gasteiger partial charge >= 0.3 is 0 Å². The van der Waals surface area contributed by atoms with E-state index in [1.807, 2.05) is 6.07 Å². The van der Waals surface area contributed by atoms with Crippen molar-refractivity contribution in [3.63, 3.8) is 0 Å². The van der Waals surface area contributed by atoms with Crippen LogP contribution in [0.15, 0.2) is 12.1 Å². The third-order valence-electron chi connectivity index (χ3n) is 2.07. The second-order valence-corrected chi connectivity index (χ2v) is 4.01. The largest absolute Gasteiger partial charge is 0.478 e. The SMILES string of the molecule is CCCNCc1nc(OCCC)ccc1Cl. The summed E-state index contributed by atoms with van der Waals surface area (Å²) in [6.45, 7) is 6.55. The van der Waals surface area contributed by atoms with Crippen molar-refractivity contribution in [3.05, 3.63) is 22.8 Å². The first-order chi connectivity index (χ1) is 7.77. The molecule has 0 unspecified atom stereocenters. The molecule has 0 aliphatic rings. The summed E-state index contributed by atoms with van der Waals surface area (Å²) in [4.78, 5) is 4.36. The zero-order valence-corrected chi connectivity index (χ0v) is 10.7. The maximum atomic E-state index is 6.05. The topological polar surface area (TPSA) is 34.2 Å². The van der Waals surface area contributed by atoms with Crippen LogP contribution in [0.4, 0.5) is 0 Å². The highest BCUT2D eigenvalue weighted by Gasteiger charge is 2.04. The Hall–Kier alpha value is -0.800. The second kappa shape index (κ2) is 7.47. The van der Waals surface area contributed by atoms with E-state index in [0.717, 1.165) is 25.1 Å². The summed E-state index contributed by atoms with van der Waals surface area (Å²) >= 11 is 6.05. The minimum atomic E-state index is 0.652. The summed E-state index contributed by atoms with van der Waals surface area (Å²) in [5.41, 5.74) is 0.851. The maximum Gasteiger partial charge on any atom is 0.213 e. The number of rotatable bonds is 7. The van der Waals surface area contributed by atoms with Gasteiger partial charge in [0.1, 0.15) is 0 Å². The van der Waals surface area contributed by atoms with Crippen LogP contribution >= 0.6 is 11.6 Å². The first kappa shape index (κ1) is 13.3. The quantitative estimate of drug-likeness (QED) is 0.747. The lowest BCUT2D eigenvalue weighted by molar-refractivity contribution is 0.304. The fourth-order valence-corrected chi connectivity index (χ4v) is 1.43. The van der Waals surface area contributed by atoms with Crippen molar-refractivity contribution in [3.8, 4) is 5.88 Å². The predicted molar refractivity (Wildman–Crippen MR) is 67.0 cm³/mol. The zero-order chi connectivity index (χ0) is 11.8. The van der Waals surface area contributed by atoms with Crippen molar-refractivity contribution in [2.24, 2.45) is 0 Å². The van der Waals surface area contributed by atoms with Crippen molar-refractivity contribution in [1.29, 1.82) is 0 Å². The number of aromatic nitrogens is 1. The highest BCUT2D eigenvalue weighted by atomic mass is 35.5. The highest BCUT2D eigenvalue weighted by molar-refractivity contribution is 6.31. The molecule has 1 aromatic heterocycles. The van der Waals surface area contributed by atoms with Crippen LogP contribution < -0.4 is 10.1 Å². The molecule has 1 aromatic rings. The molecule has 0 saturated carbocycles. The van der Waals surface area contributed by atoms with Gasteiger partial charge in [-0.1, -0.05) is 25.4 Å². The number of nitrogens with one attached hydrogen (secondary N) is 1. The van der Waals surface area contributed by atoms with Crippen LogP contribution in [0.25, 0.3) is 0 Å². The van der Waals surface area contributed by atoms with E-state index in [0.29, 0.717) is 24.1 Å². The fourth-order valence-electron chi connectivity index (χ4n) is 1.26. The molecule has 0 amide bonds. The van der Waals surface area contributed by atoms with Gasteiger partial charge in [-0.25, -0.2) is 4.98 Å². The Kier molecular flexibility index (Phi) is 6.19.